The second kappa shape index (κ2) is 6.55. The highest BCUT2D eigenvalue weighted by molar-refractivity contribution is 7.10. The molecule has 0 N–H and O–H groups in total. The van der Waals surface area contributed by atoms with Gasteiger partial charge in [0.05, 0.1) is 16.9 Å². The van der Waals surface area contributed by atoms with E-state index in [0.717, 1.165) is 48.9 Å². The van der Waals surface area contributed by atoms with Gasteiger partial charge in [0.15, 0.2) is 11.5 Å². The molecule has 0 aliphatic carbocycles. The van der Waals surface area contributed by atoms with Gasteiger partial charge in [0.2, 0.25) is 0 Å². The van der Waals surface area contributed by atoms with Gasteiger partial charge in [-0.1, -0.05) is 12.1 Å². The number of amides is 1. The highest BCUT2D eigenvalue weighted by atomic mass is 32.1. The summed E-state index contributed by atoms with van der Waals surface area (Å²) < 4.78 is 11.9. The SMILES string of the molecule is O=C1c2ncsc2CN1[C@H]1CCCN(C[C@H]2COc3ccccc3O2)C1. The van der Waals surface area contributed by atoms with E-state index in [4.69, 9.17) is 9.47 Å². The molecule has 1 fully saturated rings. The van der Waals surface area contributed by atoms with Crippen molar-refractivity contribution in [2.45, 2.75) is 31.5 Å². The molecular weight excluding hydrogens is 350 g/mol. The third kappa shape index (κ3) is 2.85. The molecule has 0 radical (unpaired) electrons. The fourth-order valence-corrected chi connectivity index (χ4v) is 4.86. The Balaban J connectivity index is 1.22. The third-order valence-corrected chi connectivity index (χ3v) is 6.19. The topological polar surface area (TPSA) is 54.9 Å². The van der Waals surface area contributed by atoms with Gasteiger partial charge in [0.25, 0.3) is 5.91 Å². The van der Waals surface area contributed by atoms with Crippen molar-refractivity contribution in [2.75, 3.05) is 26.2 Å². The zero-order valence-corrected chi connectivity index (χ0v) is 15.3. The molecule has 5 rings (SSSR count). The molecule has 4 heterocycles. The van der Waals surface area contributed by atoms with Crippen LogP contribution in [0.5, 0.6) is 11.5 Å². The summed E-state index contributed by atoms with van der Waals surface area (Å²) >= 11 is 1.58. The number of rotatable bonds is 3. The smallest absolute Gasteiger partial charge is 0.274 e. The van der Waals surface area contributed by atoms with Crippen molar-refractivity contribution < 1.29 is 14.3 Å². The van der Waals surface area contributed by atoms with Crippen LogP contribution in [-0.4, -0.2) is 59.1 Å². The molecule has 0 saturated carbocycles. The quantitative estimate of drug-likeness (QED) is 0.829. The molecule has 0 spiro atoms. The lowest BCUT2D eigenvalue weighted by molar-refractivity contribution is 0.0306. The van der Waals surface area contributed by atoms with Crippen molar-refractivity contribution in [2.24, 2.45) is 0 Å². The Labute approximate surface area is 156 Å². The summed E-state index contributed by atoms with van der Waals surface area (Å²) in [5.41, 5.74) is 2.43. The second-order valence-electron chi connectivity index (χ2n) is 7.11. The number of hydrogen-bond donors (Lipinski definition) is 0. The number of para-hydroxylation sites is 2. The number of carbonyl (C=O) groups is 1. The first-order chi connectivity index (χ1) is 12.8. The summed E-state index contributed by atoms with van der Waals surface area (Å²) in [6.45, 7) is 4.05. The van der Waals surface area contributed by atoms with Gasteiger partial charge in [0.1, 0.15) is 18.4 Å². The molecule has 1 saturated heterocycles. The van der Waals surface area contributed by atoms with Crippen molar-refractivity contribution in [1.29, 1.82) is 0 Å². The third-order valence-electron chi connectivity index (χ3n) is 5.37. The van der Waals surface area contributed by atoms with Gasteiger partial charge >= 0.3 is 0 Å². The first kappa shape index (κ1) is 16.1. The molecule has 0 unspecified atom stereocenters. The minimum atomic E-state index is 0.0289. The van der Waals surface area contributed by atoms with Crippen molar-refractivity contribution in [3.05, 3.63) is 40.3 Å². The lowest BCUT2D eigenvalue weighted by Crippen LogP contribution is -2.51. The number of thiazole rings is 1. The molecule has 1 aromatic carbocycles. The molecule has 26 heavy (non-hydrogen) atoms. The maximum absolute atomic E-state index is 12.6. The molecule has 3 aliphatic rings. The molecule has 2 aromatic rings. The van der Waals surface area contributed by atoms with Crippen LogP contribution in [-0.2, 0) is 6.54 Å². The number of benzene rings is 1. The first-order valence-electron chi connectivity index (χ1n) is 9.12. The van der Waals surface area contributed by atoms with E-state index in [0.29, 0.717) is 18.8 Å². The van der Waals surface area contributed by atoms with E-state index in [1.54, 1.807) is 16.8 Å². The molecule has 3 aliphatic heterocycles. The number of aromatic nitrogens is 1. The first-order valence-corrected chi connectivity index (χ1v) is 10.00. The van der Waals surface area contributed by atoms with Gasteiger partial charge in [-0.15, -0.1) is 11.3 Å². The van der Waals surface area contributed by atoms with E-state index in [1.165, 1.54) is 0 Å². The summed E-state index contributed by atoms with van der Waals surface area (Å²) in [6, 6.07) is 8.07. The molecule has 1 amide bonds. The standard InChI is InChI=1S/C19H21N3O3S/c23-19-18-17(26-12-20-18)10-22(19)13-4-3-7-21(8-13)9-14-11-24-15-5-1-2-6-16(15)25-14/h1-2,5-6,12-14H,3-4,7-11H2/t13-,14-/m0/s1. The fourth-order valence-electron chi connectivity index (χ4n) is 4.11. The van der Waals surface area contributed by atoms with Crippen LogP contribution < -0.4 is 9.47 Å². The molecule has 6 nitrogen and oxygen atoms in total. The van der Waals surface area contributed by atoms with Crippen LogP contribution in [0, 0.1) is 0 Å². The summed E-state index contributed by atoms with van der Waals surface area (Å²) in [5.74, 6) is 1.74. The number of likely N-dealkylation sites (tertiary alicyclic amines) is 1. The Morgan fingerprint density at radius 1 is 1.27 bits per heavy atom. The van der Waals surface area contributed by atoms with Crippen LogP contribution in [0.25, 0.3) is 0 Å². The van der Waals surface area contributed by atoms with E-state index in [-0.39, 0.29) is 18.1 Å². The normalized spacial score (nSPS) is 25.4. The zero-order valence-electron chi connectivity index (χ0n) is 14.5. The Morgan fingerprint density at radius 3 is 3.04 bits per heavy atom. The van der Waals surface area contributed by atoms with Crippen LogP contribution in [0.4, 0.5) is 0 Å². The predicted octanol–water partition coefficient (Wildman–Crippen LogP) is 2.40. The zero-order chi connectivity index (χ0) is 17.5. The molecule has 1 aromatic heterocycles. The van der Waals surface area contributed by atoms with Gasteiger partial charge in [-0.05, 0) is 31.5 Å². The highest BCUT2D eigenvalue weighted by Crippen LogP contribution is 2.32. The molecule has 2 atom stereocenters. The van der Waals surface area contributed by atoms with Crippen LogP contribution in [0.1, 0.15) is 28.2 Å². The molecular formula is C19H21N3O3S. The van der Waals surface area contributed by atoms with E-state index in [9.17, 15) is 4.79 Å². The van der Waals surface area contributed by atoms with Gasteiger partial charge in [-0.3, -0.25) is 9.69 Å². The van der Waals surface area contributed by atoms with Gasteiger partial charge in [0, 0.05) is 19.1 Å². The Bertz CT molecular complexity index is 824. The number of piperidine rings is 1. The van der Waals surface area contributed by atoms with E-state index in [1.807, 2.05) is 29.2 Å². The number of carbonyl (C=O) groups excluding carboxylic acids is 1. The number of fused-ring (bicyclic) bond motifs is 2. The summed E-state index contributed by atoms with van der Waals surface area (Å²) in [5, 5.41) is 0. The van der Waals surface area contributed by atoms with Crippen LogP contribution in [0.15, 0.2) is 29.8 Å². The van der Waals surface area contributed by atoms with E-state index < -0.39 is 0 Å². The molecule has 7 heteroatoms. The minimum absolute atomic E-state index is 0.0289. The van der Waals surface area contributed by atoms with Crippen molar-refractivity contribution >= 4 is 17.2 Å². The van der Waals surface area contributed by atoms with Crippen molar-refractivity contribution in [3.63, 3.8) is 0 Å². The van der Waals surface area contributed by atoms with Crippen LogP contribution >= 0.6 is 11.3 Å². The van der Waals surface area contributed by atoms with Crippen LogP contribution in [0.3, 0.4) is 0 Å². The molecule has 136 valence electrons. The van der Waals surface area contributed by atoms with Gasteiger partial charge in [-0.2, -0.15) is 0 Å². The average Bonchev–Trinajstić information content (AvgIpc) is 3.25. The van der Waals surface area contributed by atoms with Crippen LogP contribution in [0.2, 0.25) is 0 Å². The van der Waals surface area contributed by atoms with Crippen molar-refractivity contribution in [1.82, 2.24) is 14.8 Å². The van der Waals surface area contributed by atoms with Gasteiger partial charge < -0.3 is 14.4 Å². The minimum Gasteiger partial charge on any atom is -0.486 e. The monoisotopic (exact) mass is 371 g/mol. The number of hydrogen-bond acceptors (Lipinski definition) is 6. The lowest BCUT2D eigenvalue weighted by Gasteiger charge is -2.39. The lowest BCUT2D eigenvalue weighted by atomic mass is 10.0. The Kier molecular flexibility index (Phi) is 4.05. The molecule has 0 bridgehead atoms. The Morgan fingerprint density at radius 2 is 2.15 bits per heavy atom. The predicted molar refractivity (Wildman–Crippen MR) is 97.8 cm³/mol. The summed E-state index contributed by atoms with van der Waals surface area (Å²) in [4.78, 5) is 22.4. The fraction of sp³-hybridized carbons (Fsp3) is 0.474. The van der Waals surface area contributed by atoms with Crippen molar-refractivity contribution in [3.8, 4) is 11.5 Å². The average molecular weight is 371 g/mol. The largest absolute Gasteiger partial charge is 0.486 e. The summed E-state index contributed by atoms with van der Waals surface area (Å²) in [7, 11) is 0. The number of ether oxygens (including phenoxy) is 2. The Hall–Kier alpha value is -2.12. The number of nitrogens with zero attached hydrogens (tertiary/aromatic N) is 3. The van der Waals surface area contributed by atoms with E-state index >= 15 is 0 Å². The highest BCUT2D eigenvalue weighted by Gasteiger charge is 2.37. The maximum atomic E-state index is 12.6. The van der Waals surface area contributed by atoms with Gasteiger partial charge in [-0.25, -0.2) is 4.98 Å². The van der Waals surface area contributed by atoms with E-state index in [2.05, 4.69) is 9.88 Å². The second-order valence-corrected chi connectivity index (χ2v) is 8.05. The maximum Gasteiger partial charge on any atom is 0.274 e. The summed E-state index contributed by atoms with van der Waals surface area (Å²) in [6.07, 6.45) is 2.18.